The van der Waals surface area contributed by atoms with E-state index in [1.165, 1.54) is 31.7 Å². The fourth-order valence-electron chi connectivity index (χ4n) is 2.33. The minimum Gasteiger partial charge on any atom is -0.422 e. The number of fused-ring (bicyclic) bond motifs is 1. The third-order valence-corrected chi connectivity index (χ3v) is 3.49. The lowest BCUT2D eigenvalue weighted by Crippen LogP contribution is -2.10. The SMILES string of the molecule is CCCCCCc1ccc2oc(=O)c(C(C)=O)cc2c1. The van der Waals surface area contributed by atoms with Crippen molar-refractivity contribution in [1.82, 2.24) is 0 Å². The summed E-state index contributed by atoms with van der Waals surface area (Å²) in [5.41, 5.74) is 1.33. The Morgan fingerprint density at radius 1 is 1.15 bits per heavy atom. The molecule has 0 saturated heterocycles. The van der Waals surface area contributed by atoms with Crippen LogP contribution in [0.4, 0.5) is 0 Å². The summed E-state index contributed by atoms with van der Waals surface area (Å²) in [6.45, 7) is 3.58. The molecule has 2 rings (SSSR count). The zero-order valence-corrected chi connectivity index (χ0v) is 12.1. The van der Waals surface area contributed by atoms with E-state index in [4.69, 9.17) is 4.42 Å². The van der Waals surface area contributed by atoms with E-state index < -0.39 is 5.63 Å². The number of rotatable bonds is 6. The molecule has 0 aliphatic rings. The summed E-state index contributed by atoms with van der Waals surface area (Å²) in [5, 5.41) is 0.822. The quantitative estimate of drug-likeness (QED) is 0.451. The van der Waals surface area contributed by atoms with E-state index in [0.29, 0.717) is 5.58 Å². The molecule has 2 aromatic rings. The number of benzene rings is 1. The molecule has 3 heteroatoms. The molecule has 3 nitrogen and oxygen atoms in total. The van der Waals surface area contributed by atoms with Gasteiger partial charge in [0.2, 0.25) is 0 Å². The van der Waals surface area contributed by atoms with E-state index >= 15 is 0 Å². The summed E-state index contributed by atoms with van der Waals surface area (Å²) in [5.74, 6) is -0.256. The Balaban J connectivity index is 2.26. The van der Waals surface area contributed by atoms with Crippen LogP contribution in [0, 0.1) is 0 Å². The molecule has 0 saturated carbocycles. The van der Waals surface area contributed by atoms with Crippen LogP contribution in [0.15, 0.2) is 33.5 Å². The lowest BCUT2D eigenvalue weighted by molar-refractivity contribution is 0.101. The van der Waals surface area contributed by atoms with Crippen LogP contribution < -0.4 is 5.63 Å². The second kappa shape index (κ2) is 6.51. The highest BCUT2D eigenvalue weighted by atomic mass is 16.4. The molecule has 0 spiro atoms. The largest absolute Gasteiger partial charge is 0.422 e. The minimum atomic E-state index is -0.555. The van der Waals surface area contributed by atoms with Gasteiger partial charge < -0.3 is 4.42 Å². The van der Waals surface area contributed by atoms with Gasteiger partial charge in [0.1, 0.15) is 11.1 Å². The maximum atomic E-state index is 11.6. The van der Waals surface area contributed by atoms with Gasteiger partial charge in [-0.15, -0.1) is 0 Å². The lowest BCUT2D eigenvalue weighted by atomic mass is 10.0. The molecule has 1 heterocycles. The van der Waals surface area contributed by atoms with Crippen LogP contribution in [-0.2, 0) is 6.42 Å². The molecule has 0 amide bonds. The van der Waals surface area contributed by atoms with Crippen molar-refractivity contribution in [2.75, 3.05) is 0 Å². The monoisotopic (exact) mass is 272 g/mol. The first-order chi connectivity index (χ1) is 9.61. The van der Waals surface area contributed by atoms with Gasteiger partial charge in [-0.05, 0) is 43.5 Å². The second-order valence-corrected chi connectivity index (χ2v) is 5.19. The standard InChI is InChI=1S/C17H20O3/c1-3-4-5-6-7-13-8-9-16-14(10-13)11-15(12(2)18)17(19)20-16/h8-11H,3-7H2,1-2H3. The van der Waals surface area contributed by atoms with E-state index in [0.717, 1.165) is 18.2 Å². The molecule has 20 heavy (non-hydrogen) atoms. The van der Waals surface area contributed by atoms with E-state index in [-0.39, 0.29) is 11.3 Å². The highest BCUT2D eigenvalue weighted by Crippen LogP contribution is 2.18. The number of carbonyl (C=O) groups excluding carboxylic acids is 1. The number of carbonyl (C=O) groups is 1. The molecular weight excluding hydrogens is 252 g/mol. The Morgan fingerprint density at radius 3 is 2.65 bits per heavy atom. The summed E-state index contributed by atoms with van der Waals surface area (Å²) < 4.78 is 5.18. The molecule has 106 valence electrons. The molecular formula is C17H20O3. The van der Waals surface area contributed by atoms with Gasteiger partial charge in [0.15, 0.2) is 5.78 Å². The maximum Gasteiger partial charge on any atom is 0.347 e. The van der Waals surface area contributed by atoms with Crippen molar-refractivity contribution in [2.24, 2.45) is 0 Å². The van der Waals surface area contributed by atoms with Gasteiger partial charge in [-0.2, -0.15) is 0 Å². The van der Waals surface area contributed by atoms with Crippen LogP contribution in [0.1, 0.15) is 55.5 Å². The fourth-order valence-corrected chi connectivity index (χ4v) is 2.33. The van der Waals surface area contributed by atoms with Crippen molar-refractivity contribution in [3.63, 3.8) is 0 Å². The van der Waals surface area contributed by atoms with E-state index in [1.807, 2.05) is 18.2 Å². The van der Waals surface area contributed by atoms with Gasteiger partial charge in [-0.1, -0.05) is 32.3 Å². The van der Waals surface area contributed by atoms with Crippen molar-refractivity contribution >= 4 is 16.8 Å². The average molecular weight is 272 g/mol. The third kappa shape index (κ3) is 3.35. The number of aryl methyl sites for hydroxylation is 1. The van der Waals surface area contributed by atoms with E-state index in [1.54, 1.807) is 6.07 Å². The third-order valence-electron chi connectivity index (χ3n) is 3.49. The number of Topliss-reactive ketones (excluding diaryl/α,β-unsaturated/α-hetero) is 1. The van der Waals surface area contributed by atoms with Gasteiger partial charge in [-0.25, -0.2) is 4.79 Å². The Morgan fingerprint density at radius 2 is 1.95 bits per heavy atom. The summed E-state index contributed by atoms with van der Waals surface area (Å²) in [4.78, 5) is 23.0. The fraction of sp³-hybridized carbons (Fsp3) is 0.412. The number of ketones is 1. The van der Waals surface area contributed by atoms with Crippen LogP contribution >= 0.6 is 0 Å². The van der Waals surface area contributed by atoms with Gasteiger partial charge in [-0.3, -0.25) is 4.79 Å². The summed E-state index contributed by atoms with van der Waals surface area (Å²) in [6.07, 6.45) is 5.90. The maximum absolute atomic E-state index is 11.6. The van der Waals surface area contributed by atoms with Gasteiger partial charge in [0.25, 0.3) is 0 Å². The van der Waals surface area contributed by atoms with Crippen molar-refractivity contribution in [2.45, 2.75) is 46.0 Å². The predicted molar refractivity (Wildman–Crippen MR) is 80.3 cm³/mol. The first-order valence-corrected chi connectivity index (χ1v) is 7.19. The molecule has 0 aliphatic heterocycles. The Hall–Kier alpha value is -1.90. The average Bonchev–Trinajstić information content (AvgIpc) is 2.42. The van der Waals surface area contributed by atoms with Gasteiger partial charge in [0, 0.05) is 5.39 Å². The highest BCUT2D eigenvalue weighted by molar-refractivity contribution is 5.96. The summed E-state index contributed by atoms with van der Waals surface area (Å²) in [6, 6.07) is 7.45. The van der Waals surface area contributed by atoms with Crippen LogP contribution in [0.25, 0.3) is 11.0 Å². The van der Waals surface area contributed by atoms with Crippen molar-refractivity contribution in [1.29, 1.82) is 0 Å². The van der Waals surface area contributed by atoms with Crippen LogP contribution in [-0.4, -0.2) is 5.78 Å². The van der Waals surface area contributed by atoms with Crippen molar-refractivity contribution in [3.8, 4) is 0 Å². The zero-order chi connectivity index (χ0) is 14.5. The van der Waals surface area contributed by atoms with Crippen LogP contribution in [0.5, 0.6) is 0 Å². The summed E-state index contributed by atoms with van der Waals surface area (Å²) >= 11 is 0. The normalized spacial score (nSPS) is 10.9. The minimum absolute atomic E-state index is 0.126. The molecule has 1 aromatic heterocycles. The number of unbranched alkanes of at least 4 members (excludes halogenated alkanes) is 3. The second-order valence-electron chi connectivity index (χ2n) is 5.19. The Bertz CT molecular complexity index is 667. The molecule has 0 fully saturated rings. The van der Waals surface area contributed by atoms with Crippen molar-refractivity contribution in [3.05, 3.63) is 45.8 Å². The van der Waals surface area contributed by atoms with Gasteiger partial charge in [0.05, 0.1) is 0 Å². The molecule has 0 aliphatic carbocycles. The van der Waals surface area contributed by atoms with Gasteiger partial charge >= 0.3 is 5.63 Å². The van der Waals surface area contributed by atoms with Crippen LogP contribution in [0.3, 0.4) is 0 Å². The van der Waals surface area contributed by atoms with Crippen molar-refractivity contribution < 1.29 is 9.21 Å². The number of hydrogen-bond acceptors (Lipinski definition) is 3. The van der Waals surface area contributed by atoms with Crippen LogP contribution in [0.2, 0.25) is 0 Å². The first kappa shape index (κ1) is 14.5. The first-order valence-electron chi connectivity index (χ1n) is 7.19. The highest BCUT2D eigenvalue weighted by Gasteiger charge is 2.09. The van der Waals surface area contributed by atoms with E-state index in [2.05, 4.69) is 6.92 Å². The molecule has 0 unspecified atom stereocenters. The lowest BCUT2D eigenvalue weighted by Gasteiger charge is -2.04. The molecule has 0 radical (unpaired) electrons. The number of hydrogen-bond donors (Lipinski definition) is 0. The smallest absolute Gasteiger partial charge is 0.347 e. The Labute approximate surface area is 118 Å². The zero-order valence-electron chi connectivity index (χ0n) is 12.1. The predicted octanol–water partition coefficient (Wildman–Crippen LogP) is 4.12. The molecule has 1 aromatic carbocycles. The molecule has 0 atom stereocenters. The summed E-state index contributed by atoms with van der Waals surface area (Å²) in [7, 11) is 0. The molecule has 0 bridgehead atoms. The topological polar surface area (TPSA) is 47.3 Å². The Kier molecular flexibility index (Phi) is 4.72. The molecule has 0 N–H and O–H groups in total. The van der Waals surface area contributed by atoms with E-state index in [9.17, 15) is 9.59 Å².